The van der Waals surface area contributed by atoms with Crippen molar-refractivity contribution >= 4 is 11.7 Å². The maximum atomic E-state index is 12.0. The van der Waals surface area contributed by atoms with Crippen LogP contribution in [0.3, 0.4) is 0 Å². The van der Waals surface area contributed by atoms with Gasteiger partial charge in [0.05, 0.1) is 12.7 Å². The van der Waals surface area contributed by atoms with E-state index in [0.29, 0.717) is 19.6 Å². The Labute approximate surface area is 107 Å². The quantitative estimate of drug-likeness (QED) is 0.245. The van der Waals surface area contributed by atoms with E-state index in [1.807, 2.05) is 0 Å². The Hall–Kier alpha value is -1.34. The average molecular weight is 261 g/mol. The van der Waals surface area contributed by atoms with Crippen LogP contribution in [0.15, 0.2) is 5.16 Å². The summed E-state index contributed by atoms with van der Waals surface area (Å²) < 4.78 is 10.1. The van der Waals surface area contributed by atoms with Gasteiger partial charge in [-0.05, 0) is 13.3 Å². The molecule has 0 aromatic carbocycles. The number of carbonyl (C=O) groups excluding carboxylic acids is 1. The highest BCUT2D eigenvalue weighted by Crippen LogP contribution is 2.21. The van der Waals surface area contributed by atoms with Gasteiger partial charge in [0.1, 0.15) is 5.41 Å². The fraction of sp³-hybridized carbons (Fsp3) is 0.818. The van der Waals surface area contributed by atoms with Gasteiger partial charge in [-0.1, -0.05) is 12.1 Å². The first-order chi connectivity index (χ1) is 8.46. The van der Waals surface area contributed by atoms with E-state index in [4.69, 9.17) is 20.4 Å². The first-order valence-corrected chi connectivity index (χ1v) is 5.74. The van der Waals surface area contributed by atoms with Crippen molar-refractivity contribution in [1.29, 1.82) is 0 Å². The van der Waals surface area contributed by atoms with Crippen LogP contribution < -0.4 is 11.1 Å². The first-order valence-electron chi connectivity index (χ1n) is 5.74. The van der Waals surface area contributed by atoms with Gasteiger partial charge in [-0.3, -0.25) is 4.79 Å². The zero-order valence-corrected chi connectivity index (χ0v) is 11.4. The number of amidine groups is 1. The Kier molecular flexibility index (Phi) is 7.30. The van der Waals surface area contributed by atoms with E-state index in [1.165, 1.54) is 0 Å². The molecule has 0 saturated heterocycles. The van der Waals surface area contributed by atoms with Crippen molar-refractivity contribution in [2.45, 2.75) is 26.4 Å². The number of nitrogens with two attached hydrogens (primary N) is 1. The number of rotatable bonds is 8. The summed E-state index contributed by atoms with van der Waals surface area (Å²) in [5.41, 5.74) is 4.52. The van der Waals surface area contributed by atoms with Crippen LogP contribution >= 0.6 is 0 Å². The highest BCUT2D eigenvalue weighted by atomic mass is 16.5. The zero-order chi connectivity index (χ0) is 14.2. The number of oxime groups is 1. The normalized spacial score (nSPS) is 17.0. The molecule has 106 valence electrons. The third-order valence-corrected chi connectivity index (χ3v) is 3.06. The van der Waals surface area contributed by atoms with E-state index in [2.05, 4.69) is 10.5 Å². The van der Waals surface area contributed by atoms with Gasteiger partial charge < -0.3 is 25.7 Å². The molecule has 0 saturated carbocycles. The van der Waals surface area contributed by atoms with Crippen LogP contribution in [0.5, 0.6) is 0 Å². The summed E-state index contributed by atoms with van der Waals surface area (Å²) in [5, 5.41) is 14.3. The van der Waals surface area contributed by atoms with Crippen molar-refractivity contribution in [2.24, 2.45) is 16.3 Å². The van der Waals surface area contributed by atoms with E-state index in [9.17, 15) is 4.79 Å². The maximum Gasteiger partial charge on any atom is 0.233 e. The molecule has 0 heterocycles. The molecule has 0 aliphatic carbocycles. The van der Waals surface area contributed by atoms with Gasteiger partial charge in [-0.2, -0.15) is 0 Å². The number of amides is 1. The minimum Gasteiger partial charge on any atom is -0.409 e. The molecule has 0 radical (unpaired) electrons. The van der Waals surface area contributed by atoms with E-state index in [0.717, 1.165) is 0 Å². The highest BCUT2D eigenvalue weighted by Gasteiger charge is 2.36. The molecule has 0 aromatic rings. The van der Waals surface area contributed by atoms with Crippen LogP contribution in [-0.4, -0.2) is 50.4 Å². The fourth-order valence-electron chi connectivity index (χ4n) is 1.37. The van der Waals surface area contributed by atoms with Crippen molar-refractivity contribution in [3.05, 3.63) is 0 Å². The number of methoxy groups -OCH3 is 2. The van der Waals surface area contributed by atoms with Crippen LogP contribution in [0, 0.1) is 5.41 Å². The van der Waals surface area contributed by atoms with Gasteiger partial charge in [-0.15, -0.1) is 0 Å². The molecule has 0 aliphatic rings. The van der Waals surface area contributed by atoms with Crippen molar-refractivity contribution in [3.63, 3.8) is 0 Å². The molecule has 0 rings (SSSR count). The molecule has 0 bridgehead atoms. The van der Waals surface area contributed by atoms with E-state index >= 15 is 0 Å². The average Bonchev–Trinajstić information content (AvgIpc) is 2.40. The molecule has 18 heavy (non-hydrogen) atoms. The fourth-order valence-corrected chi connectivity index (χ4v) is 1.37. The van der Waals surface area contributed by atoms with Crippen LogP contribution in [0.1, 0.15) is 20.3 Å². The summed E-state index contributed by atoms with van der Waals surface area (Å²) in [5.74, 6) is -0.415. The van der Waals surface area contributed by atoms with Crippen LogP contribution in [0.25, 0.3) is 0 Å². The predicted molar refractivity (Wildman–Crippen MR) is 67.5 cm³/mol. The molecule has 2 atom stereocenters. The Morgan fingerprint density at radius 2 is 2.17 bits per heavy atom. The highest BCUT2D eigenvalue weighted by molar-refractivity contribution is 6.06. The largest absolute Gasteiger partial charge is 0.409 e. The molecule has 0 spiro atoms. The third kappa shape index (κ3) is 4.15. The van der Waals surface area contributed by atoms with E-state index in [1.54, 1.807) is 28.1 Å². The van der Waals surface area contributed by atoms with E-state index < -0.39 is 5.41 Å². The molecule has 0 fully saturated rings. The molecule has 2 unspecified atom stereocenters. The number of nitrogens with one attached hydrogen (secondary N) is 1. The summed E-state index contributed by atoms with van der Waals surface area (Å²) in [7, 11) is 3.10. The lowest BCUT2D eigenvalue weighted by atomic mass is 9.85. The monoisotopic (exact) mass is 261 g/mol. The van der Waals surface area contributed by atoms with Crippen LogP contribution in [0.4, 0.5) is 0 Å². The van der Waals surface area contributed by atoms with Gasteiger partial charge in [0.25, 0.3) is 0 Å². The van der Waals surface area contributed by atoms with Crippen molar-refractivity contribution in [1.82, 2.24) is 5.32 Å². The Bertz CT molecular complexity index is 296. The predicted octanol–water partition coefficient (Wildman–Crippen LogP) is -0.0733. The SMILES string of the molecule is CCC(C)(C(=O)NCC(COC)OC)C(N)=NO. The molecular formula is C11H23N3O4. The third-order valence-electron chi connectivity index (χ3n) is 3.06. The van der Waals surface area contributed by atoms with Gasteiger partial charge in [0, 0.05) is 20.8 Å². The van der Waals surface area contributed by atoms with Gasteiger partial charge in [0.15, 0.2) is 5.84 Å². The number of hydrogen-bond donors (Lipinski definition) is 3. The summed E-state index contributed by atoms with van der Waals surface area (Å²) in [6.45, 7) is 4.09. The molecule has 7 nitrogen and oxygen atoms in total. The van der Waals surface area contributed by atoms with Crippen molar-refractivity contribution in [2.75, 3.05) is 27.4 Å². The number of carbonyl (C=O) groups is 1. The van der Waals surface area contributed by atoms with Crippen LogP contribution in [0.2, 0.25) is 0 Å². The lowest BCUT2D eigenvalue weighted by Crippen LogP contribution is -2.49. The topological polar surface area (TPSA) is 106 Å². The lowest BCUT2D eigenvalue weighted by Gasteiger charge is -2.26. The molecule has 1 amide bonds. The maximum absolute atomic E-state index is 12.0. The summed E-state index contributed by atoms with van der Waals surface area (Å²) in [6, 6.07) is 0. The first kappa shape index (κ1) is 16.7. The second-order valence-electron chi connectivity index (χ2n) is 4.19. The lowest BCUT2D eigenvalue weighted by molar-refractivity contribution is -0.127. The molecule has 7 heteroatoms. The minimum absolute atomic E-state index is 0.108. The number of ether oxygens (including phenoxy) is 2. The van der Waals surface area contributed by atoms with Crippen molar-refractivity contribution in [3.8, 4) is 0 Å². The molecular weight excluding hydrogens is 238 g/mol. The van der Waals surface area contributed by atoms with Crippen LogP contribution in [-0.2, 0) is 14.3 Å². The smallest absolute Gasteiger partial charge is 0.233 e. The Morgan fingerprint density at radius 3 is 2.56 bits per heavy atom. The minimum atomic E-state index is -1.03. The number of hydrogen-bond acceptors (Lipinski definition) is 5. The summed E-state index contributed by atoms with van der Waals surface area (Å²) in [6.07, 6.45) is 0.198. The molecule has 4 N–H and O–H groups in total. The number of nitrogens with zero attached hydrogens (tertiary/aromatic N) is 1. The van der Waals surface area contributed by atoms with Crippen molar-refractivity contribution < 1.29 is 19.5 Å². The summed E-state index contributed by atoms with van der Waals surface area (Å²) >= 11 is 0. The van der Waals surface area contributed by atoms with Gasteiger partial charge in [0.2, 0.25) is 5.91 Å². The second-order valence-corrected chi connectivity index (χ2v) is 4.19. The zero-order valence-electron chi connectivity index (χ0n) is 11.4. The Morgan fingerprint density at radius 1 is 1.56 bits per heavy atom. The van der Waals surface area contributed by atoms with E-state index in [-0.39, 0.29) is 17.8 Å². The van der Waals surface area contributed by atoms with Gasteiger partial charge >= 0.3 is 0 Å². The molecule has 0 aliphatic heterocycles. The molecule has 0 aromatic heterocycles. The Balaban J connectivity index is 4.55. The van der Waals surface area contributed by atoms with Gasteiger partial charge in [-0.25, -0.2) is 0 Å². The second kappa shape index (κ2) is 7.88. The summed E-state index contributed by atoms with van der Waals surface area (Å²) in [4.78, 5) is 12.0. The standard InChI is InChI=1S/C11H23N3O4/c1-5-11(2,9(12)14-16)10(15)13-6-8(18-4)7-17-3/h8,16H,5-7H2,1-4H3,(H2,12,14)(H,13,15).